The van der Waals surface area contributed by atoms with Crippen molar-refractivity contribution in [2.24, 2.45) is 0 Å². The number of hydrogen-bond acceptors (Lipinski definition) is 3. The number of aromatic nitrogens is 1. The lowest BCUT2D eigenvalue weighted by atomic mass is 10.2. The van der Waals surface area contributed by atoms with Crippen molar-refractivity contribution >= 4 is 5.91 Å². The lowest BCUT2D eigenvalue weighted by Gasteiger charge is -2.23. The molecule has 0 aliphatic rings. The number of pyridine rings is 1. The van der Waals surface area contributed by atoms with Crippen molar-refractivity contribution in [2.75, 3.05) is 19.6 Å². The molecule has 1 aromatic heterocycles. The van der Waals surface area contributed by atoms with Crippen LogP contribution in [0.4, 0.5) is 4.39 Å². The van der Waals surface area contributed by atoms with Crippen LogP contribution < -0.4 is 5.32 Å². The van der Waals surface area contributed by atoms with Crippen molar-refractivity contribution in [1.82, 2.24) is 15.2 Å². The van der Waals surface area contributed by atoms with Gasteiger partial charge in [0.25, 0.3) is 5.91 Å². The van der Waals surface area contributed by atoms with Gasteiger partial charge in [-0.3, -0.25) is 4.79 Å². The molecule has 0 saturated heterocycles. The van der Waals surface area contributed by atoms with E-state index in [-0.39, 0.29) is 11.6 Å². The average molecular weight is 253 g/mol. The van der Waals surface area contributed by atoms with Crippen LogP contribution in [0.2, 0.25) is 0 Å². The van der Waals surface area contributed by atoms with Crippen LogP contribution >= 0.6 is 0 Å². The largest absolute Gasteiger partial charge is 0.348 e. The second-order valence-electron chi connectivity index (χ2n) is 4.20. The molecule has 4 nitrogen and oxygen atoms in total. The number of rotatable bonds is 6. The number of nitrogens with zero attached hydrogens (tertiary/aromatic N) is 2. The first kappa shape index (κ1) is 14.6. The molecule has 1 N–H and O–H groups in total. The van der Waals surface area contributed by atoms with Crippen LogP contribution in [-0.4, -0.2) is 41.5 Å². The maximum atomic E-state index is 13.3. The molecule has 1 atom stereocenters. The maximum absolute atomic E-state index is 13.3. The molecule has 0 aromatic carbocycles. The van der Waals surface area contributed by atoms with Crippen LogP contribution in [0.3, 0.4) is 0 Å². The van der Waals surface area contributed by atoms with Gasteiger partial charge < -0.3 is 10.2 Å². The Labute approximate surface area is 107 Å². The Balaban J connectivity index is 2.57. The number of amides is 1. The molecule has 1 unspecified atom stereocenters. The summed E-state index contributed by atoms with van der Waals surface area (Å²) in [7, 11) is 0. The highest BCUT2D eigenvalue weighted by atomic mass is 19.1. The third-order valence-electron chi connectivity index (χ3n) is 2.81. The SMILES string of the molecule is CCN(CC)CC(C)NC(=O)c1cccnc1F. The predicted octanol–water partition coefficient (Wildman–Crippen LogP) is 1.68. The monoisotopic (exact) mass is 253 g/mol. The van der Waals surface area contributed by atoms with E-state index in [1.807, 2.05) is 6.92 Å². The van der Waals surface area contributed by atoms with E-state index in [4.69, 9.17) is 0 Å². The minimum Gasteiger partial charge on any atom is -0.348 e. The summed E-state index contributed by atoms with van der Waals surface area (Å²) >= 11 is 0. The second-order valence-corrected chi connectivity index (χ2v) is 4.20. The fourth-order valence-electron chi connectivity index (χ4n) is 1.77. The highest BCUT2D eigenvalue weighted by molar-refractivity contribution is 5.94. The molecule has 0 fully saturated rings. The van der Waals surface area contributed by atoms with Crippen LogP contribution in [-0.2, 0) is 0 Å². The molecule has 0 saturated carbocycles. The molecule has 18 heavy (non-hydrogen) atoms. The maximum Gasteiger partial charge on any atom is 0.256 e. The molecule has 0 aliphatic heterocycles. The van der Waals surface area contributed by atoms with Gasteiger partial charge in [-0.15, -0.1) is 0 Å². The summed E-state index contributed by atoms with van der Waals surface area (Å²) < 4.78 is 13.3. The van der Waals surface area contributed by atoms with Gasteiger partial charge >= 0.3 is 0 Å². The zero-order chi connectivity index (χ0) is 13.5. The van der Waals surface area contributed by atoms with Crippen LogP contribution in [0.15, 0.2) is 18.3 Å². The van der Waals surface area contributed by atoms with Gasteiger partial charge in [-0.1, -0.05) is 13.8 Å². The minimum atomic E-state index is -0.731. The number of hydrogen-bond donors (Lipinski definition) is 1. The number of nitrogens with one attached hydrogen (secondary N) is 1. The zero-order valence-electron chi connectivity index (χ0n) is 11.1. The molecule has 100 valence electrons. The van der Waals surface area contributed by atoms with E-state index in [1.165, 1.54) is 12.3 Å². The standard InChI is InChI=1S/C13H20FN3O/c1-4-17(5-2)9-10(3)16-13(18)11-7-6-8-15-12(11)14/h6-8,10H,4-5,9H2,1-3H3,(H,16,18). The van der Waals surface area contributed by atoms with Gasteiger partial charge in [-0.05, 0) is 32.1 Å². The highest BCUT2D eigenvalue weighted by Gasteiger charge is 2.15. The van der Waals surface area contributed by atoms with Gasteiger partial charge in [-0.25, -0.2) is 4.98 Å². The second kappa shape index (κ2) is 7.06. The highest BCUT2D eigenvalue weighted by Crippen LogP contribution is 2.03. The molecule has 0 aliphatic carbocycles. The van der Waals surface area contributed by atoms with Gasteiger partial charge in [-0.2, -0.15) is 4.39 Å². The summed E-state index contributed by atoms with van der Waals surface area (Å²) in [6, 6.07) is 2.95. The van der Waals surface area contributed by atoms with Crippen LogP contribution in [0.1, 0.15) is 31.1 Å². The Kier molecular flexibility index (Phi) is 5.71. The number of carbonyl (C=O) groups is 1. The Bertz CT molecular complexity index is 394. The first-order chi connectivity index (χ1) is 8.58. The summed E-state index contributed by atoms with van der Waals surface area (Å²) in [6.45, 7) is 8.65. The number of likely N-dealkylation sites (N-methyl/N-ethyl adjacent to an activating group) is 1. The van der Waals surface area contributed by atoms with Gasteiger partial charge in [0.2, 0.25) is 5.95 Å². The Hall–Kier alpha value is -1.49. The Morgan fingerprint density at radius 1 is 1.50 bits per heavy atom. The summed E-state index contributed by atoms with van der Waals surface area (Å²) in [5.74, 6) is -1.15. The summed E-state index contributed by atoms with van der Waals surface area (Å²) in [4.78, 5) is 17.5. The first-order valence-corrected chi connectivity index (χ1v) is 6.22. The van der Waals surface area contributed by atoms with Crippen molar-refractivity contribution in [2.45, 2.75) is 26.8 Å². The van der Waals surface area contributed by atoms with E-state index in [2.05, 4.69) is 29.0 Å². The van der Waals surface area contributed by atoms with E-state index >= 15 is 0 Å². The molecule has 5 heteroatoms. The topological polar surface area (TPSA) is 45.2 Å². The van der Waals surface area contributed by atoms with E-state index in [9.17, 15) is 9.18 Å². The summed E-state index contributed by atoms with van der Waals surface area (Å²) in [5, 5.41) is 2.78. The van der Waals surface area contributed by atoms with E-state index in [0.29, 0.717) is 0 Å². The summed E-state index contributed by atoms with van der Waals surface area (Å²) in [6.07, 6.45) is 1.32. The van der Waals surface area contributed by atoms with E-state index < -0.39 is 11.9 Å². The first-order valence-electron chi connectivity index (χ1n) is 6.22. The van der Waals surface area contributed by atoms with Gasteiger partial charge in [0.1, 0.15) is 0 Å². The van der Waals surface area contributed by atoms with Crippen LogP contribution in [0.25, 0.3) is 0 Å². The van der Waals surface area contributed by atoms with Gasteiger partial charge in [0, 0.05) is 18.8 Å². The molecule has 1 heterocycles. The molecule has 1 amide bonds. The normalized spacial score (nSPS) is 12.5. The third-order valence-corrected chi connectivity index (χ3v) is 2.81. The van der Waals surface area contributed by atoms with Gasteiger partial charge in [0.15, 0.2) is 0 Å². The molecule has 0 radical (unpaired) electrons. The quantitative estimate of drug-likeness (QED) is 0.785. The fraction of sp³-hybridized carbons (Fsp3) is 0.538. The van der Waals surface area contributed by atoms with Crippen LogP contribution in [0, 0.1) is 5.95 Å². The van der Waals surface area contributed by atoms with Crippen molar-refractivity contribution in [3.8, 4) is 0 Å². The van der Waals surface area contributed by atoms with Crippen molar-refractivity contribution in [3.63, 3.8) is 0 Å². The van der Waals surface area contributed by atoms with Crippen molar-refractivity contribution < 1.29 is 9.18 Å². The Morgan fingerprint density at radius 2 is 2.17 bits per heavy atom. The smallest absolute Gasteiger partial charge is 0.256 e. The fourth-order valence-corrected chi connectivity index (χ4v) is 1.77. The molecule has 1 aromatic rings. The summed E-state index contributed by atoms with van der Waals surface area (Å²) in [5.41, 5.74) is -0.0103. The zero-order valence-corrected chi connectivity index (χ0v) is 11.1. The molecular weight excluding hydrogens is 233 g/mol. The Morgan fingerprint density at radius 3 is 2.72 bits per heavy atom. The molecular formula is C13H20FN3O. The van der Waals surface area contributed by atoms with Gasteiger partial charge in [0.05, 0.1) is 5.56 Å². The predicted molar refractivity (Wildman–Crippen MR) is 68.9 cm³/mol. The molecule has 0 spiro atoms. The number of halogens is 1. The van der Waals surface area contributed by atoms with E-state index in [1.54, 1.807) is 6.07 Å². The van der Waals surface area contributed by atoms with Crippen molar-refractivity contribution in [3.05, 3.63) is 29.8 Å². The molecule has 1 rings (SSSR count). The van der Waals surface area contributed by atoms with E-state index in [0.717, 1.165) is 19.6 Å². The molecule has 0 bridgehead atoms. The number of carbonyl (C=O) groups excluding carboxylic acids is 1. The van der Waals surface area contributed by atoms with Crippen LogP contribution in [0.5, 0.6) is 0 Å². The minimum absolute atomic E-state index is 0.0103. The average Bonchev–Trinajstić information content (AvgIpc) is 2.36. The van der Waals surface area contributed by atoms with Crippen molar-refractivity contribution in [1.29, 1.82) is 0 Å². The third kappa shape index (κ3) is 4.07. The lowest BCUT2D eigenvalue weighted by molar-refractivity contribution is 0.0925. The lowest BCUT2D eigenvalue weighted by Crippen LogP contribution is -2.42.